The molecule has 0 aliphatic heterocycles. The van der Waals surface area contributed by atoms with Crippen molar-refractivity contribution in [1.82, 2.24) is 4.98 Å². The molecule has 0 aliphatic carbocycles. The minimum Gasteiger partial charge on any atom is -0.451 e. The minimum absolute atomic E-state index is 0.201. The lowest BCUT2D eigenvalue weighted by molar-refractivity contribution is 0.0318. The van der Waals surface area contributed by atoms with E-state index in [2.05, 4.69) is 4.98 Å². The number of Topliss-reactive ketones (excluding diaryl/α,β-unsaturated/α-hetero) is 1. The molecule has 0 radical (unpaired) electrons. The maximum absolute atomic E-state index is 12.8. The van der Waals surface area contributed by atoms with Crippen molar-refractivity contribution in [3.8, 4) is 0 Å². The smallest absolute Gasteiger partial charge is 0.339 e. The van der Waals surface area contributed by atoms with Gasteiger partial charge in [-0.3, -0.25) is 4.79 Å². The first-order chi connectivity index (χ1) is 11.9. The van der Waals surface area contributed by atoms with Crippen LogP contribution in [0.3, 0.4) is 0 Å². The summed E-state index contributed by atoms with van der Waals surface area (Å²) in [5.41, 5.74) is 4.66. The largest absolute Gasteiger partial charge is 0.451 e. The predicted molar refractivity (Wildman–Crippen MR) is 98.2 cm³/mol. The number of ketones is 1. The van der Waals surface area contributed by atoms with E-state index in [0.717, 1.165) is 27.7 Å². The molecule has 3 aromatic rings. The van der Waals surface area contributed by atoms with Gasteiger partial charge < -0.3 is 9.72 Å². The van der Waals surface area contributed by atoms with Gasteiger partial charge in [0, 0.05) is 22.2 Å². The van der Waals surface area contributed by atoms with E-state index in [4.69, 9.17) is 4.74 Å². The second kappa shape index (κ2) is 6.55. The molecule has 0 spiro atoms. The third-order valence-electron chi connectivity index (χ3n) is 4.39. The van der Waals surface area contributed by atoms with Crippen LogP contribution in [-0.4, -0.2) is 22.8 Å². The Morgan fingerprint density at radius 1 is 1.04 bits per heavy atom. The van der Waals surface area contributed by atoms with Crippen molar-refractivity contribution in [2.45, 2.75) is 33.8 Å². The molecule has 4 heteroatoms. The monoisotopic (exact) mass is 335 g/mol. The van der Waals surface area contributed by atoms with Crippen LogP contribution in [0.25, 0.3) is 10.9 Å². The first-order valence-corrected chi connectivity index (χ1v) is 8.28. The summed E-state index contributed by atoms with van der Waals surface area (Å²) in [7, 11) is 0. The van der Waals surface area contributed by atoms with E-state index in [1.807, 2.05) is 57.2 Å². The molecule has 0 fully saturated rings. The molecular formula is C21H21NO3. The van der Waals surface area contributed by atoms with Crippen molar-refractivity contribution in [3.63, 3.8) is 0 Å². The summed E-state index contributed by atoms with van der Waals surface area (Å²) in [5, 5.41) is 0.847. The molecule has 3 rings (SSSR count). The molecule has 0 aliphatic rings. The summed E-state index contributed by atoms with van der Waals surface area (Å²) < 4.78 is 5.44. The van der Waals surface area contributed by atoms with Gasteiger partial charge in [0.05, 0.1) is 5.56 Å². The summed E-state index contributed by atoms with van der Waals surface area (Å²) in [6, 6.07) is 13.1. The van der Waals surface area contributed by atoms with Gasteiger partial charge >= 0.3 is 5.97 Å². The van der Waals surface area contributed by atoms with Crippen LogP contribution >= 0.6 is 0 Å². The van der Waals surface area contributed by atoms with E-state index in [-0.39, 0.29) is 5.78 Å². The molecule has 0 unspecified atom stereocenters. The van der Waals surface area contributed by atoms with Crippen LogP contribution in [0.15, 0.2) is 42.5 Å². The zero-order valence-electron chi connectivity index (χ0n) is 14.8. The van der Waals surface area contributed by atoms with Gasteiger partial charge in [-0.1, -0.05) is 35.9 Å². The number of carbonyl (C=O) groups is 2. The molecule has 128 valence electrons. The Bertz CT molecular complexity index is 968. The SMILES string of the molecule is Cc1ccc(C(=O)O[C@H](C)C(=O)c2c(C)[nH]c3ccccc23)c(C)c1. The van der Waals surface area contributed by atoms with Gasteiger partial charge in [-0.15, -0.1) is 0 Å². The molecular weight excluding hydrogens is 314 g/mol. The van der Waals surface area contributed by atoms with Crippen LogP contribution in [0.4, 0.5) is 0 Å². The minimum atomic E-state index is -0.855. The maximum atomic E-state index is 12.8. The fraction of sp³-hybridized carbons (Fsp3) is 0.238. The van der Waals surface area contributed by atoms with Gasteiger partial charge in [-0.25, -0.2) is 4.79 Å². The summed E-state index contributed by atoms with van der Waals surface area (Å²) in [6.45, 7) is 7.30. The third-order valence-corrected chi connectivity index (χ3v) is 4.39. The van der Waals surface area contributed by atoms with E-state index in [1.54, 1.807) is 13.0 Å². The third kappa shape index (κ3) is 3.20. The van der Waals surface area contributed by atoms with Crippen LogP contribution < -0.4 is 0 Å². The molecule has 4 nitrogen and oxygen atoms in total. The Kier molecular flexibility index (Phi) is 4.45. The average molecular weight is 335 g/mol. The number of aryl methyl sites for hydroxylation is 3. The van der Waals surface area contributed by atoms with Crippen molar-refractivity contribution in [3.05, 3.63) is 70.4 Å². The summed E-state index contributed by atoms with van der Waals surface area (Å²) in [4.78, 5) is 28.5. The van der Waals surface area contributed by atoms with E-state index in [1.165, 1.54) is 0 Å². The number of aromatic nitrogens is 1. The predicted octanol–water partition coefficient (Wildman–Crippen LogP) is 4.52. The average Bonchev–Trinajstić information content (AvgIpc) is 2.89. The summed E-state index contributed by atoms with van der Waals surface area (Å²) in [6.07, 6.45) is -0.855. The Hall–Kier alpha value is -2.88. The molecule has 0 amide bonds. The first kappa shape index (κ1) is 17.0. The fourth-order valence-corrected chi connectivity index (χ4v) is 3.12. The summed E-state index contributed by atoms with van der Waals surface area (Å²) >= 11 is 0. The van der Waals surface area contributed by atoms with E-state index in [9.17, 15) is 9.59 Å². The van der Waals surface area contributed by atoms with Crippen LogP contribution in [0.2, 0.25) is 0 Å². The molecule has 2 aromatic carbocycles. The highest BCUT2D eigenvalue weighted by Gasteiger charge is 2.25. The van der Waals surface area contributed by atoms with Gasteiger partial charge in [0.1, 0.15) is 0 Å². The lowest BCUT2D eigenvalue weighted by atomic mass is 10.0. The number of H-pyrrole nitrogens is 1. The van der Waals surface area contributed by atoms with Crippen molar-refractivity contribution in [2.75, 3.05) is 0 Å². The molecule has 0 saturated heterocycles. The van der Waals surface area contributed by atoms with Crippen molar-refractivity contribution >= 4 is 22.7 Å². The number of nitrogens with one attached hydrogen (secondary N) is 1. The number of fused-ring (bicyclic) bond motifs is 1. The molecule has 0 bridgehead atoms. The quantitative estimate of drug-likeness (QED) is 0.563. The standard InChI is InChI=1S/C21H21NO3/c1-12-9-10-16(13(2)11-12)21(24)25-15(4)20(23)19-14(3)22-18-8-6-5-7-17(18)19/h5-11,15,22H,1-4H3/t15-/m1/s1. The number of aromatic amines is 1. The molecule has 0 saturated carbocycles. The first-order valence-electron chi connectivity index (χ1n) is 8.28. The molecule has 1 atom stereocenters. The number of benzene rings is 2. The molecule has 25 heavy (non-hydrogen) atoms. The molecule has 1 heterocycles. The van der Waals surface area contributed by atoms with Gasteiger partial charge in [0.2, 0.25) is 5.78 Å². The van der Waals surface area contributed by atoms with Crippen LogP contribution in [0.5, 0.6) is 0 Å². The number of hydrogen-bond acceptors (Lipinski definition) is 3. The molecule has 1 aromatic heterocycles. The Morgan fingerprint density at radius 2 is 1.76 bits per heavy atom. The van der Waals surface area contributed by atoms with Crippen LogP contribution in [0, 0.1) is 20.8 Å². The fourth-order valence-electron chi connectivity index (χ4n) is 3.12. The van der Waals surface area contributed by atoms with Gasteiger partial charge in [-0.2, -0.15) is 0 Å². The van der Waals surface area contributed by atoms with Crippen LogP contribution in [-0.2, 0) is 4.74 Å². The van der Waals surface area contributed by atoms with E-state index >= 15 is 0 Å². The van der Waals surface area contributed by atoms with Gasteiger partial charge in [0.15, 0.2) is 6.10 Å². The number of esters is 1. The highest BCUT2D eigenvalue weighted by molar-refractivity contribution is 6.11. The highest BCUT2D eigenvalue weighted by atomic mass is 16.5. The van der Waals surface area contributed by atoms with Crippen molar-refractivity contribution in [1.29, 1.82) is 0 Å². The normalized spacial score (nSPS) is 12.2. The van der Waals surface area contributed by atoms with E-state index < -0.39 is 12.1 Å². The van der Waals surface area contributed by atoms with Crippen molar-refractivity contribution < 1.29 is 14.3 Å². The number of carbonyl (C=O) groups excluding carboxylic acids is 2. The zero-order valence-corrected chi connectivity index (χ0v) is 14.8. The van der Waals surface area contributed by atoms with Crippen molar-refractivity contribution in [2.24, 2.45) is 0 Å². The Balaban J connectivity index is 1.85. The van der Waals surface area contributed by atoms with Gasteiger partial charge in [0.25, 0.3) is 0 Å². The second-order valence-electron chi connectivity index (χ2n) is 6.40. The highest BCUT2D eigenvalue weighted by Crippen LogP contribution is 2.24. The molecule has 1 N–H and O–H groups in total. The maximum Gasteiger partial charge on any atom is 0.339 e. The lowest BCUT2D eigenvalue weighted by Gasteiger charge is -2.14. The number of para-hydroxylation sites is 1. The number of hydrogen-bond donors (Lipinski definition) is 1. The number of ether oxygens (including phenoxy) is 1. The topological polar surface area (TPSA) is 59.2 Å². The Labute approximate surface area is 146 Å². The van der Waals surface area contributed by atoms with E-state index in [0.29, 0.717) is 11.1 Å². The Morgan fingerprint density at radius 3 is 2.48 bits per heavy atom. The second-order valence-corrected chi connectivity index (χ2v) is 6.40. The van der Waals surface area contributed by atoms with Crippen LogP contribution in [0.1, 0.15) is 44.5 Å². The summed E-state index contributed by atoms with van der Waals surface area (Å²) in [5.74, 6) is -0.677. The number of rotatable bonds is 4. The lowest BCUT2D eigenvalue weighted by Crippen LogP contribution is -2.25. The van der Waals surface area contributed by atoms with Gasteiger partial charge in [-0.05, 0) is 45.4 Å². The zero-order chi connectivity index (χ0) is 18.1.